The molecular weight excluding hydrogens is 255 g/mol. The van der Waals surface area contributed by atoms with Crippen molar-refractivity contribution >= 4 is 40.6 Å². The second-order valence-corrected chi connectivity index (χ2v) is 9.44. The molecule has 0 atom stereocenters. The molecule has 0 amide bonds. The summed E-state index contributed by atoms with van der Waals surface area (Å²) < 4.78 is 11.0. The van der Waals surface area contributed by atoms with Crippen LogP contribution in [0.3, 0.4) is 0 Å². The number of hydrogen-bond donors (Lipinski definition) is 0. The quantitative estimate of drug-likeness (QED) is 0.643. The van der Waals surface area contributed by atoms with E-state index < -0.39 is 5.69 Å². The molecule has 0 aliphatic rings. The largest absolute Gasteiger partial charge is 0.322 e. The lowest BCUT2D eigenvalue weighted by atomic mass is 10.8. The zero-order valence-electron chi connectivity index (χ0n) is 8.98. The standard InChI is InChI=1S/C8H17O2PS3/c1-5-9-11(12,10-6-2)14-7-8(3)13-4/h7H,5-6H2,1-4H3/b8-7-. The van der Waals surface area contributed by atoms with Gasteiger partial charge in [0, 0.05) is 0 Å². The van der Waals surface area contributed by atoms with Gasteiger partial charge in [-0.1, -0.05) is 0 Å². The Morgan fingerprint density at radius 1 is 1.36 bits per heavy atom. The Morgan fingerprint density at radius 3 is 2.21 bits per heavy atom. The van der Waals surface area contributed by atoms with Crippen molar-refractivity contribution in [2.45, 2.75) is 20.8 Å². The minimum absolute atomic E-state index is 0.608. The van der Waals surface area contributed by atoms with E-state index in [9.17, 15) is 0 Å². The Labute approximate surface area is 100 Å². The summed E-state index contributed by atoms with van der Waals surface area (Å²) in [7, 11) is 0. The van der Waals surface area contributed by atoms with Crippen LogP contribution in [-0.4, -0.2) is 19.5 Å². The molecule has 6 heteroatoms. The van der Waals surface area contributed by atoms with Gasteiger partial charge in [0.25, 0.3) is 5.69 Å². The van der Waals surface area contributed by atoms with E-state index in [2.05, 4.69) is 6.92 Å². The normalized spacial score (nSPS) is 13.3. The highest BCUT2D eigenvalue weighted by Gasteiger charge is 2.17. The molecule has 0 aliphatic heterocycles. The van der Waals surface area contributed by atoms with E-state index in [1.54, 1.807) is 11.8 Å². The van der Waals surface area contributed by atoms with Gasteiger partial charge in [0.15, 0.2) is 0 Å². The highest BCUT2D eigenvalue weighted by molar-refractivity contribution is 8.69. The Kier molecular flexibility index (Phi) is 8.79. The third kappa shape index (κ3) is 6.49. The fourth-order valence-corrected chi connectivity index (χ4v) is 5.33. The van der Waals surface area contributed by atoms with E-state index in [0.717, 1.165) is 0 Å². The summed E-state index contributed by atoms with van der Waals surface area (Å²) in [6.45, 7) is 7.14. The lowest BCUT2D eigenvalue weighted by Gasteiger charge is -2.18. The lowest BCUT2D eigenvalue weighted by Crippen LogP contribution is -1.90. The van der Waals surface area contributed by atoms with Crippen molar-refractivity contribution in [2.75, 3.05) is 19.5 Å². The van der Waals surface area contributed by atoms with Crippen molar-refractivity contribution in [1.82, 2.24) is 0 Å². The number of allylic oxidation sites excluding steroid dienone is 1. The SMILES string of the molecule is CCOP(=S)(OCC)S/C=C(/C)SC. The van der Waals surface area contributed by atoms with E-state index in [1.807, 2.05) is 25.5 Å². The number of hydrogen-bond acceptors (Lipinski definition) is 5. The molecule has 0 aromatic carbocycles. The highest BCUT2D eigenvalue weighted by atomic mass is 32.9. The van der Waals surface area contributed by atoms with Crippen LogP contribution < -0.4 is 0 Å². The van der Waals surface area contributed by atoms with Gasteiger partial charge in [-0.3, -0.25) is 0 Å². The van der Waals surface area contributed by atoms with Gasteiger partial charge in [-0.2, -0.15) is 0 Å². The van der Waals surface area contributed by atoms with Gasteiger partial charge in [0.2, 0.25) is 0 Å². The van der Waals surface area contributed by atoms with Crippen LogP contribution in [0.4, 0.5) is 0 Å². The van der Waals surface area contributed by atoms with Crippen LogP contribution in [0, 0.1) is 0 Å². The molecule has 0 N–H and O–H groups in total. The van der Waals surface area contributed by atoms with Gasteiger partial charge < -0.3 is 9.05 Å². The Morgan fingerprint density at radius 2 is 1.86 bits per heavy atom. The fourth-order valence-electron chi connectivity index (χ4n) is 0.601. The van der Waals surface area contributed by atoms with Gasteiger partial charge in [-0.05, 0) is 60.5 Å². The van der Waals surface area contributed by atoms with Crippen molar-refractivity contribution in [3.63, 3.8) is 0 Å². The second-order valence-electron chi connectivity index (χ2n) is 2.32. The lowest BCUT2D eigenvalue weighted by molar-refractivity contribution is 0.281. The molecule has 0 rings (SSSR count). The average molecular weight is 272 g/mol. The highest BCUT2D eigenvalue weighted by Crippen LogP contribution is 2.61. The van der Waals surface area contributed by atoms with Gasteiger partial charge in [-0.15, -0.1) is 11.8 Å². The summed E-state index contributed by atoms with van der Waals surface area (Å²) in [6, 6.07) is 0. The monoisotopic (exact) mass is 272 g/mol. The van der Waals surface area contributed by atoms with E-state index in [4.69, 9.17) is 20.9 Å². The molecule has 0 aliphatic carbocycles. The van der Waals surface area contributed by atoms with Crippen LogP contribution in [0.15, 0.2) is 10.3 Å². The van der Waals surface area contributed by atoms with E-state index in [0.29, 0.717) is 13.2 Å². The molecule has 14 heavy (non-hydrogen) atoms. The van der Waals surface area contributed by atoms with Crippen LogP contribution in [0.1, 0.15) is 20.8 Å². The van der Waals surface area contributed by atoms with Crippen LogP contribution in [0.2, 0.25) is 0 Å². The average Bonchev–Trinajstić information content (AvgIpc) is 2.15. The maximum Gasteiger partial charge on any atom is 0.251 e. The van der Waals surface area contributed by atoms with Crippen LogP contribution >= 0.6 is 28.8 Å². The molecule has 0 aromatic rings. The third-order valence-corrected chi connectivity index (χ3v) is 7.15. The number of rotatable bonds is 7. The van der Waals surface area contributed by atoms with Crippen LogP contribution in [0.5, 0.6) is 0 Å². The summed E-state index contributed by atoms with van der Waals surface area (Å²) >= 11 is 8.55. The van der Waals surface area contributed by atoms with E-state index in [-0.39, 0.29) is 0 Å². The molecule has 0 heterocycles. The van der Waals surface area contributed by atoms with Gasteiger partial charge in [0.1, 0.15) is 0 Å². The number of thioether (sulfide) groups is 1. The molecule has 0 aromatic heterocycles. The first kappa shape index (κ1) is 15.0. The maximum atomic E-state index is 5.48. The molecule has 84 valence electrons. The molecular formula is C8H17O2PS3. The Hall–Kier alpha value is 1.01. The molecule has 0 saturated carbocycles. The topological polar surface area (TPSA) is 18.5 Å². The van der Waals surface area contributed by atoms with Crippen molar-refractivity contribution in [2.24, 2.45) is 0 Å². The van der Waals surface area contributed by atoms with Crippen LogP contribution in [-0.2, 0) is 20.9 Å². The molecule has 0 spiro atoms. The van der Waals surface area contributed by atoms with Crippen molar-refractivity contribution in [1.29, 1.82) is 0 Å². The molecule has 0 radical (unpaired) electrons. The zero-order valence-corrected chi connectivity index (χ0v) is 12.3. The molecule has 2 nitrogen and oxygen atoms in total. The predicted octanol–water partition coefficient (Wildman–Crippen LogP) is 4.24. The van der Waals surface area contributed by atoms with Gasteiger partial charge in [-0.25, -0.2) is 0 Å². The first-order chi connectivity index (χ1) is 6.58. The molecule has 0 bridgehead atoms. The molecule has 0 unspecified atom stereocenters. The minimum atomic E-state index is -2.13. The summed E-state index contributed by atoms with van der Waals surface area (Å²) in [5.41, 5.74) is -2.13. The first-order valence-electron chi connectivity index (χ1n) is 4.36. The van der Waals surface area contributed by atoms with Crippen molar-refractivity contribution in [3.05, 3.63) is 10.3 Å². The summed E-state index contributed by atoms with van der Waals surface area (Å²) in [5.74, 6) is 0. The van der Waals surface area contributed by atoms with Gasteiger partial charge >= 0.3 is 0 Å². The summed E-state index contributed by atoms with van der Waals surface area (Å²) in [5, 5.41) is 2.02. The third-order valence-electron chi connectivity index (χ3n) is 1.24. The predicted molar refractivity (Wildman–Crippen MR) is 72.4 cm³/mol. The zero-order chi connectivity index (χ0) is 11.0. The van der Waals surface area contributed by atoms with Crippen LogP contribution in [0.25, 0.3) is 0 Å². The van der Waals surface area contributed by atoms with Gasteiger partial charge in [0.05, 0.1) is 13.2 Å². The van der Waals surface area contributed by atoms with Crippen molar-refractivity contribution in [3.8, 4) is 0 Å². The summed E-state index contributed by atoms with van der Waals surface area (Å²) in [6.07, 6.45) is 2.04. The first-order valence-corrected chi connectivity index (χ1v) is 9.71. The summed E-state index contributed by atoms with van der Waals surface area (Å²) in [4.78, 5) is 1.23. The smallest absolute Gasteiger partial charge is 0.251 e. The van der Waals surface area contributed by atoms with Crippen molar-refractivity contribution < 1.29 is 9.05 Å². The Bertz CT molecular complexity index is 221. The fraction of sp³-hybridized carbons (Fsp3) is 0.750. The van der Waals surface area contributed by atoms with E-state index >= 15 is 0 Å². The molecule has 0 fully saturated rings. The Balaban J connectivity index is 4.29. The van der Waals surface area contributed by atoms with E-state index in [1.165, 1.54) is 16.3 Å². The second kappa shape index (κ2) is 8.20. The minimum Gasteiger partial charge on any atom is -0.322 e. The molecule has 0 saturated heterocycles. The maximum absolute atomic E-state index is 5.48.